The van der Waals surface area contributed by atoms with Gasteiger partial charge in [0.25, 0.3) is 0 Å². The molecule has 0 saturated heterocycles. The summed E-state index contributed by atoms with van der Waals surface area (Å²) < 4.78 is 7.03. The number of halogens is 1. The lowest BCUT2D eigenvalue weighted by molar-refractivity contribution is -0.111. The van der Waals surface area contributed by atoms with Crippen LogP contribution in [0.2, 0.25) is 5.02 Å². The number of carbonyl (C=O) groups excluding carboxylic acids is 2. The van der Waals surface area contributed by atoms with Gasteiger partial charge in [-0.05, 0) is 35.9 Å². The number of ketones is 1. The maximum atomic E-state index is 12.0. The van der Waals surface area contributed by atoms with Gasteiger partial charge in [0.2, 0.25) is 5.91 Å². The molecule has 0 atom stereocenters. The molecule has 0 bridgehead atoms. The highest BCUT2D eigenvalue weighted by molar-refractivity contribution is 6.30. The normalized spacial score (nSPS) is 11.0. The Hall–Kier alpha value is -3.12. The van der Waals surface area contributed by atoms with E-state index in [2.05, 4.69) is 10.4 Å². The lowest BCUT2D eigenvalue weighted by atomic mass is 10.2. The van der Waals surface area contributed by atoms with Crippen LogP contribution in [0.5, 0.6) is 0 Å². The summed E-state index contributed by atoms with van der Waals surface area (Å²) in [6, 6.07) is 10.6. The van der Waals surface area contributed by atoms with E-state index < -0.39 is 0 Å². The number of anilines is 1. The molecule has 0 radical (unpaired) electrons. The molecular weight excluding hydrogens is 354 g/mol. The van der Waals surface area contributed by atoms with E-state index in [1.807, 2.05) is 12.1 Å². The van der Waals surface area contributed by atoms with Crippen molar-refractivity contribution < 1.29 is 14.0 Å². The Morgan fingerprint density at radius 2 is 2.15 bits per heavy atom. The molecule has 1 amide bonds. The van der Waals surface area contributed by atoms with E-state index in [-0.39, 0.29) is 11.7 Å². The number of furan rings is 1. The smallest absolute Gasteiger partial charge is 0.248 e. The minimum atomic E-state index is -0.276. The Morgan fingerprint density at radius 3 is 2.88 bits per heavy atom. The zero-order valence-corrected chi connectivity index (χ0v) is 14.7. The summed E-state index contributed by atoms with van der Waals surface area (Å²) in [7, 11) is 0. The maximum Gasteiger partial charge on any atom is 0.248 e. The minimum absolute atomic E-state index is 0.129. The van der Waals surface area contributed by atoms with Gasteiger partial charge in [0.15, 0.2) is 11.5 Å². The van der Waals surface area contributed by atoms with Gasteiger partial charge < -0.3 is 9.73 Å². The molecule has 6 nitrogen and oxygen atoms in total. The van der Waals surface area contributed by atoms with Crippen molar-refractivity contribution in [1.82, 2.24) is 9.78 Å². The zero-order chi connectivity index (χ0) is 18.5. The van der Waals surface area contributed by atoms with Gasteiger partial charge in [0.05, 0.1) is 18.4 Å². The van der Waals surface area contributed by atoms with Gasteiger partial charge >= 0.3 is 0 Å². The number of amides is 1. The molecule has 1 N–H and O–H groups in total. The van der Waals surface area contributed by atoms with Crippen LogP contribution >= 0.6 is 11.6 Å². The average Bonchev–Trinajstić information content (AvgIpc) is 3.23. The molecule has 3 aromatic rings. The van der Waals surface area contributed by atoms with E-state index in [4.69, 9.17) is 16.0 Å². The average molecular weight is 370 g/mol. The van der Waals surface area contributed by atoms with Gasteiger partial charge in [-0.3, -0.25) is 14.3 Å². The lowest BCUT2D eigenvalue weighted by Crippen LogP contribution is -2.07. The summed E-state index contributed by atoms with van der Waals surface area (Å²) in [4.78, 5) is 23.2. The van der Waals surface area contributed by atoms with Crippen LogP contribution in [-0.2, 0) is 11.3 Å². The molecule has 1 aromatic carbocycles. The fourth-order valence-corrected chi connectivity index (χ4v) is 2.49. The monoisotopic (exact) mass is 369 g/mol. The molecule has 0 aliphatic carbocycles. The molecule has 0 fully saturated rings. The van der Waals surface area contributed by atoms with Gasteiger partial charge in [0.1, 0.15) is 5.76 Å². The first-order valence-corrected chi connectivity index (χ1v) is 8.24. The van der Waals surface area contributed by atoms with Crippen molar-refractivity contribution in [3.63, 3.8) is 0 Å². The predicted octanol–water partition coefficient (Wildman–Crippen LogP) is 4.03. The first-order valence-electron chi connectivity index (χ1n) is 7.86. The quantitative estimate of drug-likeness (QED) is 0.525. The van der Waals surface area contributed by atoms with Crippen LogP contribution in [0, 0.1) is 0 Å². The highest BCUT2D eigenvalue weighted by atomic mass is 35.5. The predicted molar refractivity (Wildman–Crippen MR) is 99.2 cm³/mol. The largest absolute Gasteiger partial charge is 0.456 e. The Kier molecular flexibility index (Phi) is 5.34. The van der Waals surface area contributed by atoms with Crippen molar-refractivity contribution >= 4 is 35.1 Å². The number of benzene rings is 1. The van der Waals surface area contributed by atoms with Crippen molar-refractivity contribution in [3.05, 3.63) is 77.0 Å². The third kappa shape index (κ3) is 4.70. The Bertz CT molecular complexity index is 972. The highest BCUT2D eigenvalue weighted by Crippen LogP contribution is 2.13. The Balaban J connectivity index is 1.59. The third-order valence-corrected chi connectivity index (χ3v) is 3.74. The summed E-state index contributed by atoms with van der Waals surface area (Å²) in [6.45, 7) is 1.81. The van der Waals surface area contributed by atoms with E-state index in [0.717, 1.165) is 5.56 Å². The molecule has 7 heteroatoms. The van der Waals surface area contributed by atoms with E-state index in [1.165, 1.54) is 13.0 Å². The molecule has 2 aromatic heterocycles. The SMILES string of the molecule is CC(=O)c1ccc(Cn2cc(NC(=O)C=Cc3cccc(Cl)c3)cn2)o1. The zero-order valence-electron chi connectivity index (χ0n) is 14.0. The van der Waals surface area contributed by atoms with Crippen LogP contribution < -0.4 is 5.32 Å². The van der Waals surface area contributed by atoms with Crippen LogP contribution in [-0.4, -0.2) is 21.5 Å². The van der Waals surface area contributed by atoms with Crippen LogP contribution in [0.4, 0.5) is 5.69 Å². The second-order valence-corrected chi connectivity index (χ2v) is 6.06. The number of aromatic nitrogens is 2. The van der Waals surface area contributed by atoms with Crippen LogP contribution in [0.3, 0.4) is 0 Å². The number of nitrogens with zero attached hydrogens (tertiary/aromatic N) is 2. The topological polar surface area (TPSA) is 77.1 Å². The number of Topliss-reactive ketones (excluding diaryl/α,β-unsaturated/α-hetero) is 1. The second-order valence-electron chi connectivity index (χ2n) is 5.63. The minimum Gasteiger partial charge on any atom is -0.456 e. The Morgan fingerprint density at radius 1 is 1.31 bits per heavy atom. The first kappa shape index (κ1) is 17.7. The van der Waals surface area contributed by atoms with Gasteiger partial charge in [0, 0.05) is 24.2 Å². The molecule has 26 heavy (non-hydrogen) atoms. The van der Waals surface area contributed by atoms with Gasteiger partial charge in [-0.15, -0.1) is 0 Å². The summed E-state index contributed by atoms with van der Waals surface area (Å²) in [5.41, 5.74) is 1.39. The fraction of sp³-hybridized carbons (Fsp3) is 0.105. The van der Waals surface area contributed by atoms with Crippen LogP contribution in [0.15, 0.2) is 59.3 Å². The third-order valence-electron chi connectivity index (χ3n) is 3.50. The number of rotatable bonds is 6. The Labute approximate surface area is 155 Å². The molecule has 0 aliphatic heterocycles. The van der Waals surface area contributed by atoms with E-state index in [0.29, 0.717) is 28.8 Å². The number of hydrogen-bond donors (Lipinski definition) is 1. The molecule has 0 spiro atoms. The standard InChI is InChI=1S/C19H16ClN3O3/c1-13(24)18-7-6-17(26-18)12-23-11-16(10-21-23)22-19(25)8-5-14-3-2-4-15(20)9-14/h2-11H,12H2,1H3,(H,22,25). The fourth-order valence-electron chi connectivity index (χ4n) is 2.29. The van der Waals surface area contributed by atoms with Gasteiger partial charge in [-0.25, -0.2) is 0 Å². The van der Waals surface area contributed by atoms with Gasteiger partial charge in [-0.2, -0.15) is 5.10 Å². The molecule has 3 rings (SSSR count). The first-order chi connectivity index (χ1) is 12.5. The summed E-state index contributed by atoms with van der Waals surface area (Å²) in [5, 5.41) is 7.50. The molecule has 2 heterocycles. The molecule has 0 unspecified atom stereocenters. The highest BCUT2D eigenvalue weighted by Gasteiger charge is 2.08. The van der Waals surface area contributed by atoms with Crippen LogP contribution in [0.1, 0.15) is 28.8 Å². The molecule has 132 valence electrons. The lowest BCUT2D eigenvalue weighted by Gasteiger charge is -1.99. The second kappa shape index (κ2) is 7.84. The number of nitrogens with one attached hydrogen (secondary N) is 1. The summed E-state index contributed by atoms with van der Waals surface area (Å²) >= 11 is 5.91. The molecule has 0 aliphatic rings. The van der Waals surface area contributed by atoms with Crippen molar-refractivity contribution in [2.75, 3.05) is 5.32 Å². The van der Waals surface area contributed by atoms with E-state index in [1.54, 1.807) is 47.4 Å². The van der Waals surface area contributed by atoms with Crippen molar-refractivity contribution in [1.29, 1.82) is 0 Å². The van der Waals surface area contributed by atoms with Crippen LogP contribution in [0.25, 0.3) is 6.08 Å². The summed E-state index contributed by atoms with van der Waals surface area (Å²) in [5.74, 6) is 0.515. The molecule has 0 saturated carbocycles. The summed E-state index contributed by atoms with van der Waals surface area (Å²) in [6.07, 6.45) is 6.33. The number of hydrogen-bond acceptors (Lipinski definition) is 4. The van der Waals surface area contributed by atoms with Crippen molar-refractivity contribution in [2.24, 2.45) is 0 Å². The number of carbonyl (C=O) groups is 2. The van der Waals surface area contributed by atoms with Gasteiger partial charge in [-0.1, -0.05) is 23.7 Å². The van der Waals surface area contributed by atoms with Crippen molar-refractivity contribution in [2.45, 2.75) is 13.5 Å². The maximum absolute atomic E-state index is 12.0. The van der Waals surface area contributed by atoms with E-state index >= 15 is 0 Å². The molecular formula is C19H16ClN3O3. The van der Waals surface area contributed by atoms with Crippen molar-refractivity contribution in [3.8, 4) is 0 Å². The van der Waals surface area contributed by atoms with E-state index in [9.17, 15) is 9.59 Å².